The zero-order chi connectivity index (χ0) is 30.2. The van der Waals surface area contributed by atoms with Crippen LogP contribution in [-0.2, 0) is 19.0 Å². The first-order valence-electron chi connectivity index (χ1n) is 18.0. The van der Waals surface area contributed by atoms with Gasteiger partial charge in [0, 0.05) is 0 Å². The van der Waals surface area contributed by atoms with Crippen molar-refractivity contribution in [2.75, 3.05) is 0 Å². The van der Waals surface area contributed by atoms with Crippen LogP contribution in [0.5, 0.6) is 0 Å². The molecule has 3 aliphatic heterocycles. The molecule has 0 amide bonds. The van der Waals surface area contributed by atoms with Crippen molar-refractivity contribution in [1.82, 2.24) is 0 Å². The molecule has 0 spiro atoms. The highest BCUT2D eigenvalue weighted by Crippen LogP contribution is 2.35. The van der Waals surface area contributed by atoms with E-state index >= 15 is 0 Å². The molecule has 0 bridgehead atoms. The van der Waals surface area contributed by atoms with Gasteiger partial charge in [-0.15, -0.1) is 0 Å². The SMILES string of the molecule is CCCCCCCCCC[C@H](O)[C@H]1CC[C@H]([C@H]2CC[C@H]([C@H](O)CCCCCCCCCC[C@H]3C(=O)O[C@@H](C)[C@H]3O)O2)O1. The first-order valence-corrected chi connectivity index (χ1v) is 18.0. The van der Waals surface area contributed by atoms with Gasteiger partial charge in [-0.3, -0.25) is 4.79 Å². The summed E-state index contributed by atoms with van der Waals surface area (Å²) < 4.78 is 17.7. The Hall–Kier alpha value is -0.730. The van der Waals surface area contributed by atoms with Gasteiger partial charge in [-0.25, -0.2) is 0 Å². The van der Waals surface area contributed by atoms with Crippen LogP contribution in [0.4, 0.5) is 0 Å². The molecule has 3 N–H and O–H groups in total. The first kappa shape index (κ1) is 35.7. The molecule has 9 atom stereocenters. The molecule has 0 radical (unpaired) electrons. The lowest BCUT2D eigenvalue weighted by Crippen LogP contribution is -2.33. The van der Waals surface area contributed by atoms with Crippen LogP contribution in [0.15, 0.2) is 0 Å². The summed E-state index contributed by atoms with van der Waals surface area (Å²) in [7, 11) is 0. The van der Waals surface area contributed by atoms with Gasteiger partial charge in [0.05, 0.1) is 42.5 Å². The standard InChI is InChI=1S/C35H64O7/c1-3-4-5-6-7-11-14-17-20-28(36)30-22-24-32(41-30)33-25-23-31(42-33)29(37)21-18-15-12-9-8-10-13-16-19-27-34(38)26(2)40-35(27)39/h26-34,36-38H,3-25H2,1-2H3/t26-,27+,28-,29+,30+,31+,32+,33+,34+/m0/s1. The van der Waals surface area contributed by atoms with Crippen LogP contribution >= 0.6 is 0 Å². The number of unbranched alkanes of at least 4 members (excludes halogenated alkanes) is 14. The van der Waals surface area contributed by atoms with Crippen molar-refractivity contribution < 1.29 is 34.3 Å². The maximum Gasteiger partial charge on any atom is 0.312 e. The van der Waals surface area contributed by atoms with Crippen molar-refractivity contribution in [2.45, 2.75) is 210 Å². The van der Waals surface area contributed by atoms with Gasteiger partial charge in [-0.1, -0.05) is 110 Å². The van der Waals surface area contributed by atoms with Gasteiger partial charge in [-0.05, 0) is 51.9 Å². The van der Waals surface area contributed by atoms with Crippen LogP contribution in [0.1, 0.15) is 162 Å². The van der Waals surface area contributed by atoms with Crippen LogP contribution in [0.2, 0.25) is 0 Å². The third-order valence-corrected chi connectivity index (χ3v) is 10.1. The van der Waals surface area contributed by atoms with Gasteiger partial charge >= 0.3 is 5.97 Å². The highest BCUT2D eigenvalue weighted by Gasteiger charge is 2.41. The number of esters is 1. The molecule has 0 aliphatic carbocycles. The summed E-state index contributed by atoms with van der Waals surface area (Å²) in [5.41, 5.74) is 0. The van der Waals surface area contributed by atoms with Gasteiger partial charge in [0.1, 0.15) is 12.2 Å². The fourth-order valence-corrected chi connectivity index (χ4v) is 7.22. The van der Waals surface area contributed by atoms with E-state index in [0.717, 1.165) is 83.5 Å². The Morgan fingerprint density at radius 3 is 1.52 bits per heavy atom. The molecule has 7 heteroatoms. The molecule has 3 saturated heterocycles. The van der Waals surface area contributed by atoms with E-state index in [0.29, 0.717) is 0 Å². The maximum atomic E-state index is 11.8. The van der Waals surface area contributed by atoms with Gasteiger partial charge < -0.3 is 29.5 Å². The van der Waals surface area contributed by atoms with Crippen LogP contribution in [-0.4, -0.2) is 70.1 Å². The molecule has 246 valence electrons. The fourth-order valence-electron chi connectivity index (χ4n) is 7.22. The lowest BCUT2D eigenvalue weighted by atomic mass is 9.95. The summed E-state index contributed by atoms with van der Waals surface area (Å²) in [4.78, 5) is 11.8. The van der Waals surface area contributed by atoms with E-state index in [2.05, 4.69) is 6.92 Å². The second-order valence-corrected chi connectivity index (χ2v) is 13.6. The van der Waals surface area contributed by atoms with Crippen molar-refractivity contribution in [3.05, 3.63) is 0 Å². The number of rotatable bonds is 23. The van der Waals surface area contributed by atoms with Crippen molar-refractivity contribution in [3.8, 4) is 0 Å². The second kappa shape index (κ2) is 20.3. The highest BCUT2D eigenvalue weighted by molar-refractivity contribution is 5.75. The number of carbonyl (C=O) groups is 1. The molecule has 3 aliphatic rings. The van der Waals surface area contributed by atoms with E-state index in [4.69, 9.17) is 14.2 Å². The molecule has 0 unspecified atom stereocenters. The van der Waals surface area contributed by atoms with Gasteiger partial charge in [0.2, 0.25) is 0 Å². The van der Waals surface area contributed by atoms with Crippen LogP contribution in [0.25, 0.3) is 0 Å². The van der Waals surface area contributed by atoms with Crippen LogP contribution in [0.3, 0.4) is 0 Å². The quantitative estimate of drug-likeness (QED) is 0.0849. The zero-order valence-corrected chi connectivity index (χ0v) is 26.9. The lowest BCUT2D eigenvalue weighted by Gasteiger charge is -2.24. The van der Waals surface area contributed by atoms with Crippen molar-refractivity contribution >= 4 is 5.97 Å². The Kier molecular flexibility index (Phi) is 17.3. The molecular formula is C35H64O7. The molecule has 0 aromatic carbocycles. The number of hydrogen-bond donors (Lipinski definition) is 3. The Bertz CT molecular complexity index is 717. The largest absolute Gasteiger partial charge is 0.460 e. The number of aliphatic hydroxyl groups excluding tert-OH is 3. The molecule has 3 fully saturated rings. The molecular weight excluding hydrogens is 532 g/mol. The van der Waals surface area contributed by atoms with E-state index in [1.54, 1.807) is 6.92 Å². The molecule has 3 heterocycles. The van der Waals surface area contributed by atoms with Crippen molar-refractivity contribution in [1.29, 1.82) is 0 Å². The van der Waals surface area contributed by atoms with E-state index in [9.17, 15) is 20.1 Å². The Balaban J connectivity index is 1.14. The summed E-state index contributed by atoms with van der Waals surface area (Å²) in [6.07, 6.45) is 23.4. The summed E-state index contributed by atoms with van der Waals surface area (Å²) in [6, 6.07) is 0. The average Bonchev–Trinajstić information content (AvgIpc) is 3.72. The summed E-state index contributed by atoms with van der Waals surface area (Å²) in [5, 5.41) is 31.4. The monoisotopic (exact) mass is 596 g/mol. The molecule has 0 aromatic rings. The van der Waals surface area contributed by atoms with E-state index in [1.807, 2.05) is 0 Å². The molecule has 42 heavy (non-hydrogen) atoms. The normalized spacial score (nSPS) is 31.1. The number of aliphatic hydroxyl groups is 3. The van der Waals surface area contributed by atoms with E-state index in [-0.39, 0.29) is 48.5 Å². The summed E-state index contributed by atoms with van der Waals surface area (Å²) in [6.45, 7) is 4.01. The number of cyclic esters (lactones) is 1. The molecule has 7 nitrogen and oxygen atoms in total. The number of carbonyl (C=O) groups excluding carboxylic acids is 1. The third-order valence-electron chi connectivity index (χ3n) is 10.1. The second-order valence-electron chi connectivity index (χ2n) is 13.6. The third kappa shape index (κ3) is 12.3. The fraction of sp³-hybridized carbons (Fsp3) is 0.971. The molecule has 3 rings (SSSR count). The van der Waals surface area contributed by atoms with Crippen molar-refractivity contribution in [3.63, 3.8) is 0 Å². The van der Waals surface area contributed by atoms with Gasteiger partial charge in [0.25, 0.3) is 0 Å². The average molecular weight is 597 g/mol. The van der Waals surface area contributed by atoms with Crippen LogP contribution in [0, 0.1) is 5.92 Å². The number of hydrogen-bond acceptors (Lipinski definition) is 7. The zero-order valence-electron chi connectivity index (χ0n) is 26.9. The number of ether oxygens (including phenoxy) is 3. The summed E-state index contributed by atoms with van der Waals surface area (Å²) >= 11 is 0. The van der Waals surface area contributed by atoms with Crippen LogP contribution < -0.4 is 0 Å². The topological polar surface area (TPSA) is 105 Å². The first-order chi connectivity index (χ1) is 20.4. The smallest absolute Gasteiger partial charge is 0.312 e. The predicted octanol–water partition coefficient (Wildman–Crippen LogP) is 7.16. The Morgan fingerprint density at radius 1 is 0.667 bits per heavy atom. The van der Waals surface area contributed by atoms with Crippen molar-refractivity contribution in [2.24, 2.45) is 5.92 Å². The minimum Gasteiger partial charge on any atom is -0.460 e. The Labute approximate surface area is 256 Å². The minimum atomic E-state index is -0.648. The Morgan fingerprint density at radius 2 is 1.10 bits per heavy atom. The molecule has 0 saturated carbocycles. The molecule has 0 aromatic heterocycles. The van der Waals surface area contributed by atoms with E-state index < -0.39 is 12.2 Å². The summed E-state index contributed by atoms with van der Waals surface area (Å²) in [5.74, 6) is -0.578. The maximum absolute atomic E-state index is 11.8. The van der Waals surface area contributed by atoms with Gasteiger partial charge in [0.15, 0.2) is 0 Å². The van der Waals surface area contributed by atoms with Gasteiger partial charge in [-0.2, -0.15) is 0 Å². The highest BCUT2D eigenvalue weighted by atomic mass is 16.6. The predicted molar refractivity (Wildman–Crippen MR) is 166 cm³/mol. The minimum absolute atomic E-state index is 0.0518. The lowest BCUT2D eigenvalue weighted by molar-refractivity contribution is -0.143. The van der Waals surface area contributed by atoms with E-state index in [1.165, 1.54) is 64.2 Å².